The Kier molecular flexibility index (Phi) is 10.7. The van der Waals surface area contributed by atoms with Gasteiger partial charge in [0, 0.05) is 46.1 Å². The standard InChI is InChI=1S/C20H28N4O2.HI/c1-16-7-9-17(10-8-16)15-24(3)20(21-2)23-14-18-6-5-11-22-19(18)26-13-12-25-4;/h5-11H,12-15H2,1-4H3,(H,21,23);1H. The smallest absolute Gasteiger partial charge is 0.218 e. The molecule has 0 spiro atoms. The van der Waals surface area contributed by atoms with Crippen molar-refractivity contribution in [2.24, 2.45) is 4.99 Å². The van der Waals surface area contributed by atoms with Crippen LogP contribution >= 0.6 is 24.0 Å². The number of hydrogen-bond donors (Lipinski definition) is 1. The Labute approximate surface area is 179 Å². The van der Waals surface area contributed by atoms with Crippen LogP contribution < -0.4 is 10.1 Å². The quantitative estimate of drug-likeness (QED) is 0.270. The van der Waals surface area contributed by atoms with Crippen LogP contribution in [0.5, 0.6) is 5.88 Å². The van der Waals surface area contributed by atoms with Crippen molar-refractivity contribution in [2.75, 3.05) is 34.4 Å². The van der Waals surface area contributed by atoms with Gasteiger partial charge in [0.15, 0.2) is 5.96 Å². The Morgan fingerprint density at radius 1 is 1.19 bits per heavy atom. The molecule has 0 aliphatic rings. The number of aromatic nitrogens is 1. The van der Waals surface area contributed by atoms with Gasteiger partial charge in [0.1, 0.15) is 6.61 Å². The van der Waals surface area contributed by atoms with E-state index in [1.165, 1.54) is 11.1 Å². The number of ether oxygens (including phenoxy) is 2. The number of aliphatic imine (C=N–C) groups is 1. The SMILES string of the molecule is CN=C(NCc1cccnc1OCCOC)N(C)Cc1ccc(C)cc1.I. The van der Waals surface area contributed by atoms with Gasteiger partial charge in [-0.05, 0) is 18.6 Å². The zero-order valence-electron chi connectivity index (χ0n) is 16.4. The van der Waals surface area contributed by atoms with Crippen LogP contribution in [0.2, 0.25) is 0 Å². The third-order valence-corrected chi connectivity index (χ3v) is 3.93. The van der Waals surface area contributed by atoms with Crippen LogP contribution in [-0.2, 0) is 17.8 Å². The summed E-state index contributed by atoms with van der Waals surface area (Å²) in [7, 11) is 5.46. The molecule has 0 atom stereocenters. The zero-order valence-corrected chi connectivity index (χ0v) is 18.8. The third kappa shape index (κ3) is 7.72. The van der Waals surface area contributed by atoms with Gasteiger partial charge in [-0.25, -0.2) is 4.98 Å². The maximum atomic E-state index is 5.68. The Morgan fingerprint density at radius 3 is 2.59 bits per heavy atom. The maximum absolute atomic E-state index is 5.68. The van der Waals surface area contributed by atoms with E-state index in [-0.39, 0.29) is 24.0 Å². The first kappa shape index (κ1) is 23.2. The summed E-state index contributed by atoms with van der Waals surface area (Å²) in [6.45, 7) is 4.46. The molecule has 1 aromatic heterocycles. The van der Waals surface area contributed by atoms with E-state index in [1.54, 1.807) is 20.4 Å². The number of benzene rings is 1. The lowest BCUT2D eigenvalue weighted by atomic mass is 10.1. The van der Waals surface area contributed by atoms with Gasteiger partial charge >= 0.3 is 0 Å². The molecule has 0 aliphatic carbocycles. The van der Waals surface area contributed by atoms with Crippen molar-refractivity contribution in [3.8, 4) is 5.88 Å². The van der Waals surface area contributed by atoms with Gasteiger partial charge in [0.05, 0.1) is 6.61 Å². The fourth-order valence-corrected chi connectivity index (χ4v) is 2.51. The Bertz CT molecular complexity index is 707. The Morgan fingerprint density at radius 2 is 1.93 bits per heavy atom. The van der Waals surface area contributed by atoms with Gasteiger partial charge in [-0.1, -0.05) is 35.9 Å². The third-order valence-electron chi connectivity index (χ3n) is 3.93. The van der Waals surface area contributed by atoms with E-state index in [9.17, 15) is 0 Å². The van der Waals surface area contributed by atoms with E-state index in [0.717, 1.165) is 18.1 Å². The first-order chi connectivity index (χ1) is 12.6. The van der Waals surface area contributed by atoms with Gasteiger partial charge in [-0.3, -0.25) is 4.99 Å². The lowest BCUT2D eigenvalue weighted by molar-refractivity contribution is 0.143. The summed E-state index contributed by atoms with van der Waals surface area (Å²) >= 11 is 0. The number of nitrogens with zero attached hydrogens (tertiary/aromatic N) is 3. The van der Waals surface area contributed by atoms with Crippen LogP contribution in [0.4, 0.5) is 0 Å². The number of rotatable bonds is 8. The average molecular weight is 484 g/mol. The highest BCUT2D eigenvalue weighted by Gasteiger charge is 2.09. The molecular weight excluding hydrogens is 455 g/mol. The topological polar surface area (TPSA) is 59.0 Å². The highest BCUT2D eigenvalue weighted by Crippen LogP contribution is 2.14. The van der Waals surface area contributed by atoms with Gasteiger partial charge in [0.2, 0.25) is 5.88 Å². The Hall–Kier alpha value is -1.87. The monoisotopic (exact) mass is 484 g/mol. The average Bonchev–Trinajstić information content (AvgIpc) is 2.65. The van der Waals surface area contributed by atoms with Crippen molar-refractivity contribution >= 4 is 29.9 Å². The molecule has 27 heavy (non-hydrogen) atoms. The van der Waals surface area contributed by atoms with Crippen molar-refractivity contribution in [1.82, 2.24) is 15.2 Å². The van der Waals surface area contributed by atoms with E-state index < -0.39 is 0 Å². The lowest BCUT2D eigenvalue weighted by Gasteiger charge is -2.22. The first-order valence-corrected chi connectivity index (χ1v) is 8.67. The summed E-state index contributed by atoms with van der Waals surface area (Å²) in [5, 5.41) is 3.37. The second-order valence-electron chi connectivity index (χ2n) is 6.05. The van der Waals surface area contributed by atoms with Crippen molar-refractivity contribution in [3.05, 3.63) is 59.3 Å². The molecule has 0 saturated heterocycles. The minimum atomic E-state index is 0. The predicted octanol–water partition coefficient (Wildman–Crippen LogP) is 3.24. The lowest BCUT2D eigenvalue weighted by Crippen LogP contribution is -2.38. The first-order valence-electron chi connectivity index (χ1n) is 8.67. The van der Waals surface area contributed by atoms with Gasteiger partial charge in [-0.2, -0.15) is 0 Å². The normalized spacial score (nSPS) is 10.9. The number of pyridine rings is 1. The molecule has 7 heteroatoms. The number of halogens is 1. The molecule has 0 fully saturated rings. The van der Waals surface area contributed by atoms with Crippen LogP contribution in [0.3, 0.4) is 0 Å². The van der Waals surface area contributed by atoms with Gasteiger partial charge in [-0.15, -0.1) is 24.0 Å². The number of nitrogens with one attached hydrogen (secondary N) is 1. The molecule has 2 aromatic rings. The molecule has 0 radical (unpaired) electrons. The van der Waals surface area contributed by atoms with Crippen LogP contribution in [-0.4, -0.2) is 50.3 Å². The highest BCUT2D eigenvalue weighted by molar-refractivity contribution is 14.0. The van der Waals surface area contributed by atoms with E-state index in [0.29, 0.717) is 25.6 Å². The summed E-state index contributed by atoms with van der Waals surface area (Å²) in [5.74, 6) is 1.44. The highest BCUT2D eigenvalue weighted by atomic mass is 127. The number of hydrogen-bond acceptors (Lipinski definition) is 4. The largest absolute Gasteiger partial charge is 0.475 e. The van der Waals surface area contributed by atoms with Gasteiger partial charge < -0.3 is 19.7 Å². The molecule has 0 aliphatic heterocycles. The van der Waals surface area contributed by atoms with E-state index in [4.69, 9.17) is 9.47 Å². The van der Waals surface area contributed by atoms with Crippen LogP contribution in [0.1, 0.15) is 16.7 Å². The molecule has 0 unspecified atom stereocenters. The number of aryl methyl sites for hydroxylation is 1. The van der Waals surface area contributed by atoms with Crippen molar-refractivity contribution < 1.29 is 9.47 Å². The van der Waals surface area contributed by atoms with E-state index in [2.05, 4.69) is 51.4 Å². The molecule has 1 N–H and O–H groups in total. The maximum Gasteiger partial charge on any atom is 0.218 e. The molecular formula is C20H29IN4O2. The fourth-order valence-electron chi connectivity index (χ4n) is 2.51. The summed E-state index contributed by atoms with van der Waals surface area (Å²) in [5.41, 5.74) is 3.48. The van der Waals surface area contributed by atoms with Crippen molar-refractivity contribution in [1.29, 1.82) is 0 Å². The second kappa shape index (κ2) is 12.5. The van der Waals surface area contributed by atoms with E-state index >= 15 is 0 Å². The number of methoxy groups -OCH3 is 1. The summed E-state index contributed by atoms with van der Waals surface area (Å²) in [6.07, 6.45) is 1.73. The minimum absolute atomic E-state index is 0. The fraction of sp³-hybridized carbons (Fsp3) is 0.400. The zero-order chi connectivity index (χ0) is 18.8. The summed E-state index contributed by atoms with van der Waals surface area (Å²) < 4.78 is 10.7. The molecule has 0 amide bonds. The molecule has 2 rings (SSSR count). The molecule has 0 saturated carbocycles. The predicted molar refractivity (Wildman–Crippen MR) is 120 cm³/mol. The van der Waals surface area contributed by atoms with E-state index in [1.807, 2.05) is 19.2 Å². The number of guanidine groups is 1. The van der Waals surface area contributed by atoms with Crippen LogP contribution in [0, 0.1) is 6.92 Å². The van der Waals surface area contributed by atoms with Crippen molar-refractivity contribution in [3.63, 3.8) is 0 Å². The summed E-state index contributed by atoms with van der Waals surface area (Å²) in [4.78, 5) is 10.8. The Balaban J connectivity index is 0.00000364. The molecule has 148 valence electrons. The minimum Gasteiger partial charge on any atom is -0.475 e. The molecule has 1 heterocycles. The second-order valence-corrected chi connectivity index (χ2v) is 6.05. The molecule has 6 nitrogen and oxygen atoms in total. The summed E-state index contributed by atoms with van der Waals surface area (Å²) in [6, 6.07) is 12.4. The van der Waals surface area contributed by atoms with Crippen molar-refractivity contribution in [2.45, 2.75) is 20.0 Å². The van der Waals surface area contributed by atoms with Crippen LogP contribution in [0.15, 0.2) is 47.6 Å². The van der Waals surface area contributed by atoms with Crippen LogP contribution in [0.25, 0.3) is 0 Å². The van der Waals surface area contributed by atoms with Gasteiger partial charge in [0.25, 0.3) is 0 Å². The molecule has 0 bridgehead atoms. The molecule has 1 aromatic carbocycles.